The molecular formula is C10H21NO4. The van der Waals surface area contributed by atoms with Crippen LogP contribution in [0.4, 0.5) is 0 Å². The van der Waals surface area contributed by atoms with E-state index in [0.29, 0.717) is 6.42 Å². The second-order valence-electron chi connectivity index (χ2n) is 3.12. The predicted molar refractivity (Wildman–Crippen MR) is 55.4 cm³/mol. The molecule has 0 aromatic heterocycles. The van der Waals surface area contributed by atoms with E-state index in [-0.39, 0.29) is 11.3 Å². The van der Waals surface area contributed by atoms with Crippen LogP contribution in [-0.4, -0.2) is 69.2 Å². The lowest BCUT2D eigenvalue weighted by molar-refractivity contribution is -0.145. The van der Waals surface area contributed by atoms with Crippen LogP contribution in [0.3, 0.4) is 0 Å². The molecule has 0 spiro atoms. The minimum absolute atomic E-state index is 0.104. The molecule has 0 amide bonds. The molecule has 15 heavy (non-hydrogen) atoms. The maximum Gasteiger partial charge on any atom is 0.109 e. The molecule has 1 saturated heterocycles. The van der Waals surface area contributed by atoms with Crippen LogP contribution in [0.2, 0.25) is 0 Å². The van der Waals surface area contributed by atoms with Gasteiger partial charge in [0, 0.05) is 9.24 Å². The molecule has 0 aliphatic carbocycles. The molecule has 1 heterocycles. The summed E-state index contributed by atoms with van der Waals surface area (Å²) in [6.45, 7) is -6.05. The second-order valence-corrected chi connectivity index (χ2v) is 3.12. The summed E-state index contributed by atoms with van der Waals surface area (Å²) in [7, 11) is 0. The number of unbranched alkanes of at least 4 members (excludes halogenated alkanes) is 1. The Hall–Kier alpha value is -0.200. The van der Waals surface area contributed by atoms with Gasteiger partial charge in [-0.2, -0.15) is 0 Å². The molecule has 90 valence electrons. The van der Waals surface area contributed by atoms with Crippen molar-refractivity contribution in [3.8, 4) is 0 Å². The first kappa shape index (κ1) is 5.42. The van der Waals surface area contributed by atoms with Crippen molar-refractivity contribution in [3.63, 3.8) is 0 Å². The average molecular weight is 227 g/mol. The number of hydrogen-bond acceptors (Lipinski definition) is 5. The molecule has 5 nitrogen and oxygen atoms in total. The Balaban J connectivity index is 3.75. The number of hydrogen-bond donors (Lipinski definition) is 4. The normalized spacial score (nSPS) is 69.9. The molecule has 0 unspecified atom stereocenters. The highest BCUT2D eigenvalue weighted by Gasteiger charge is 2.40. The first-order valence-electron chi connectivity index (χ1n) is 8.61. The van der Waals surface area contributed by atoms with E-state index in [2.05, 4.69) is 0 Å². The quantitative estimate of drug-likeness (QED) is 0.472. The van der Waals surface area contributed by atoms with Gasteiger partial charge in [-0.15, -0.1) is 0 Å². The summed E-state index contributed by atoms with van der Waals surface area (Å²) in [4.78, 5) is 0.104. The highest BCUT2D eigenvalue weighted by Crippen LogP contribution is 2.19. The van der Waals surface area contributed by atoms with Gasteiger partial charge in [-0.3, -0.25) is 4.90 Å². The van der Waals surface area contributed by atoms with Crippen LogP contribution in [0.1, 0.15) is 30.7 Å². The van der Waals surface area contributed by atoms with Crippen molar-refractivity contribution in [1.29, 1.82) is 0 Å². The number of rotatable bonds is 4. The molecule has 4 N–H and O–H groups in total. The molecule has 0 aromatic carbocycles. The Morgan fingerprint density at radius 1 is 1.47 bits per heavy atom. The molecule has 1 rings (SSSR count). The van der Waals surface area contributed by atoms with Crippen LogP contribution in [-0.2, 0) is 0 Å². The van der Waals surface area contributed by atoms with E-state index in [1.807, 2.05) is 0 Å². The van der Waals surface area contributed by atoms with Gasteiger partial charge in [0.15, 0.2) is 0 Å². The van der Waals surface area contributed by atoms with Crippen molar-refractivity contribution in [2.45, 2.75) is 44.0 Å². The smallest absolute Gasteiger partial charge is 0.109 e. The number of nitrogens with zero attached hydrogens (tertiary/aromatic N) is 1. The van der Waals surface area contributed by atoms with E-state index in [1.54, 1.807) is 6.92 Å². The SMILES string of the molecule is [2H]C1([2H])N(CCCC)[C@]([2H])(C([2H])([2H])O)[C@@]([2H])(O)[C@]([2H])(O)[C@@]1([2H])O. The van der Waals surface area contributed by atoms with Gasteiger partial charge in [0.1, 0.15) is 12.2 Å². The van der Waals surface area contributed by atoms with Gasteiger partial charge in [-0.05, 0) is 13.0 Å². The zero-order chi connectivity index (χ0) is 18.7. The van der Waals surface area contributed by atoms with Gasteiger partial charge >= 0.3 is 0 Å². The van der Waals surface area contributed by atoms with Crippen LogP contribution in [0.25, 0.3) is 0 Å². The first-order chi connectivity index (χ1) is 9.94. The molecule has 4 atom stereocenters. The fourth-order valence-corrected chi connectivity index (χ4v) is 1.19. The fraction of sp³-hybridized carbons (Fsp3) is 1.00. The highest BCUT2D eigenvalue weighted by atomic mass is 16.4. The summed E-state index contributed by atoms with van der Waals surface area (Å²) in [5.41, 5.74) is 0. The average Bonchev–Trinajstić information content (AvgIpc) is 2.35. The third kappa shape index (κ3) is 2.89. The van der Waals surface area contributed by atoms with Crippen molar-refractivity contribution in [1.82, 2.24) is 4.90 Å². The zero-order valence-corrected chi connectivity index (χ0v) is 8.36. The molecule has 1 aliphatic rings. The van der Waals surface area contributed by atoms with E-state index in [9.17, 15) is 20.4 Å². The maximum absolute atomic E-state index is 10.1. The Morgan fingerprint density at radius 2 is 2.13 bits per heavy atom. The number of likely N-dealkylation sites (tertiary alicyclic amines) is 1. The highest BCUT2D eigenvalue weighted by molar-refractivity contribution is 4.93. The molecular weight excluding hydrogens is 198 g/mol. The van der Waals surface area contributed by atoms with Crippen molar-refractivity contribution in [2.24, 2.45) is 0 Å². The summed E-state index contributed by atoms with van der Waals surface area (Å²) < 4.78 is 61.1. The molecule has 0 radical (unpaired) electrons. The van der Waals surface area contributed by atoms with Gasteiger partial charge < -0.3 is 20.4 Å². The first-order valence-corrected chi connectivity index (χ1v) is 4.61. The largest absolute Gasteiger partial charge is 0.395 e. The Kier molecular flexibility index (Phi) is 2.08. The maximum atomic E-state index is 10.1. The van der Waals surface area contributed by atoms with Gasteiger partial charge in [0.2, 0.25) is 0 Å². The van der Waals surface area contributed by atoms with Crippen LogP contribution < -0.4 is 0 Å². The van der Waals surface area contributed by atoms with E-state index < -0.39 is 43.9 Å². The monoisotopic (exact) mass is 227 g/mol. The van der Waals surface area contributed by atoms with Crippen LogP contribution in [0.5, 0.6) is 0 Å². The zero-order valence-electron chi connectivity index (χ0n) is 16.4. The van der Waals surface area contributed by atoms with Gasteiger partial charge in [-0.25, -0.2) is 0 Å². The molecule has 0 aromatic rings. The van der Waals surface area contributed by atoms with E-state index in [1.165, 1.54) is 0 Å². The minimum Gasteiger partial charge on any atom is -0.395 e. The lowest BCUT2D eigenvalue weighted by Gasteiger charge is -2.43. The molecule has 1 fully saturated rings. The Morgan fingerprint density at radius 3 is 2.67 bits per heavy atom. The Bertz CT molecular complexity index is 466. The van der Waals surface area contributed by atoms with Crippen LogP contribution in [0, 0.1) is 0 Å². The molecule has 0 saturated carbocycles. The summed E-state index contributed by atoms with van der Waals surface area (Å²) in [6, 6.07) is -3.59. The lowest BCUT2D eigenvalue weighted by Crippen LogP contribution is -2.62. The summed E-state index contributed by atoms with van der Waals surface area (Å²) >= 11 is 0. The van der Waals surface area contributed by atoms with Crippen LogP contribution in [0.15, 0.2) is 0 Å². The molecule has 0 bridgehead atoms. The van der Waals surface area contributed by atoms with Crippen LogP contribution >= 0.6 is 0 Å². The summed E-state index contributed by atoms with van der Waals surface area (Å²) in [5, 5.41) is 39.7. The van der Waals surface area contributed by atoms with Gasteiger partial charge in [-0.1, -0.05) is 13.3 Å². The fourth-order valence-electron chi connectivity index (χ4n) is 1.19. The number of β-amino-alcohol motifs (C(OH)–C–C–N with tert-alkyl or cyclic N) is 1. The van der Waals surface area contributed by atoms with E-state index in [4.69, 9.17) is 11.0 Å². The number of piperidine rings is 1. The van der Waals surface area contributed by atoms with Crippen molar-refractivity contribution in [2.75, 3.05) is 19.6 Å². The summed E-state index contributed by atoms with van der Waals surface area (Å²) in [6.07, 6.45) is -11.3. The molecule has 5 heteroatoms. The van der Waals surface area contributed by atoms with Crippen molar-refractivity contribution in [3.05, 3.63) is 0 Å². The number of aliphatic hydroxyl groups is 4. The third-order valence-corrected chi connectivity index (χ3v) is 2.02. The lowest BCUT2D eigenvalue weighted by atomic mass is 9.94. The van der Waals surface area contributed by atoms with Crippen molar-refractivity contribution >= 4 is 0 Å². The summed E-state index contributed by atoms with van der Waals surface area (Å²) in [5.74, 6) is 0. The Labute approximate surface area is 101 Å². The second kappa shape index (κ2) is 5.77. The topological polar surface area (TPSA) is 84.2 Å². The van der Waals surface area contributed by atoms with Gasteiger partial charge in [0.25, 0.3) is 0 Å². The minimum atomic E-state index is -4.04. The predicted octanol–water partition coefficient (Wildman–Crippen LogP) is -1.45. The standard InChI is InChI=1S/C10H21NO4/c1-2-3-4-11-5-8(13)10(15)9(14)7(11)6-12/h7-10,12-15H,2-6H2,1H3/t7-,8+,9-,10-/m1/s1/i5D2,6D2,7D,8D,9D,10D. The van der Waals surface area contributed by atoms with Gasteiger partial charge in [0.05, 0.1) is 26.9 Å². The third-order valence-electron chi connectivity index (χ3n) is 2.02. The van der Waals surface area contributed by atoms with E-state index in [0.717, 1.165) is 0 Å². The van der Waals surface area contributed by atoms with Crippen molar-refractivity contribution < 1.29 is 31.4 Å². The molecule has 1 aliphatic heterocycles. The van der Waals surface area contributed by atoms with E-state index >= 15 is 0 Å².